The van der Waals surface area contributed by atoms with Gasteiger partial charge in [0.15, 0.2) is 0 Å². The van der Waals surface area contributed by atoms with Gasteiger partial charge < -0.3 is 15.0 Å². The quantitative estimate of drug-likeness (QED) is 0.845. The molecule has 1 fully saturated rings. The fourth-order valence-electron chi connectivity index (χ4n) is 2.02. The Bertz CT molecular complexity index is 438. The minimum atomic E-state index is -0.0612. The van der Waals surface area contributed by atoms with Crippen LogP contribution in [0.15, 0.2) is 16.7 Å². The van der Waals surface area contributed by atoms with Crippen molar-refractivity contribution in [2.45, 2.75) is 32.7 Å². The fourth-order valence-corrected chi connectivity index (χ4v) is 2.48. The molecule has 1 heterocycles. The average Bonchev–Trinajstić information content (AvgIpc) is 3.05. The normalized spacial score (nSPS) is 16.6. The van der Waals surface area contributed by atoms with Gasteiger partial charge in [-0.25, -0.2) is 0 Å². The first-order valence-corrected chi connectivity index (χ1v) is 7.14. The van der Waals surface area contributed by atoms with E-state index in [1.165, 1.54) is 0 Å². The van der Waals surface area contributed by atoms with Gasteiger partial charge in [0, 0.05) is 29.2 Å². The van der Waals surface area contributed by atoms with Crippen LogP contribution in [0.1, 0.15) is 36.7 Å². The first-order valence-electron chi connectivity index (χ1n) is 6.35. The number of hydrogen-bond acceptors (Lipinski definition) is 2. The van der Waals surface area contributed by atoms with Gasteiger partial charge in [-0.1, -0.05) is 6.92 Å². The number of amides is 1. The predicted molar refractivity (Wildman–Crippen MR) is 73.5 cm³/mol. The van der Waals surface area contributed by atoms with Crippen molar-refractivity contribution in [3.05, 3.63) is 22.4 Å². The number of rotatable bonds is 6. The molecule has 1 aliphatic carbocycles. The lowest BCUT2D eigenvalue weighted by atomic mass is 10.1. The van der Waals surface area contributed by atoms with E-state index >= 15 is 0 Å². The molecule has 100 valence electrons. The van der Waals surface area contributed by atoms with Crippen LogP contribution in [0.2, 0.25) is 0 Å². The number of nitrogens with one attached hydrogen (secondary N) is 1. The van der Waals surface area contributed by atoms with Crippen LogP contribution < -0.4 is 5.32 Å². The number of aliphatic hydroxyl groups is 1. The maximum atomic E-state index is 12.1. The summed E-state index contributed by atoms with van der Waals surface area (Å²) in [5, 5.41) is 12.1. The zero-order valence-corrected chi connectivity index (χ0v) is 12.2. The third-order valence-electron chi connectivity index (χ3n) is 3.48. The summed E-state index contributed by atoms with van der Waals surface area (Å²) < 4.78 is 2.88. The average molecular weight is 315 g/mol. The van der Waals surface area contributed by atoms with Gasteiger partial charge in [-0.15, -0.1) is 0 Å². The lowest BCUT2D eigenvalue weighted by Crippen LogP contribution is -2.33. The lowest BCUT2D eigenvalue weighted by molar-refractivity contribution is 0.0926. The predicted octanol–water partition coefficient (Wildman–Crippen LogP) is 2.16. The molecule has 1 aromatic heterocycles. The zero-order chi connectivity index (χ0) is 13.2. The van der Waals surface area contributed by atoms with E-state index in [1.54, 1.807) is 0 Å². The molecule has 2 rings (SSSR count). The highest BCUT2D eigenvalue weighted by Crippen LogP contribution is 2.44. The molecule has 0 spiro atoms. The van der Waals surface area contributed by atoms with Crippen molar-refractivity contribution in [3.63, 3.8) is 0 Å². The van der Waals surface area contributed by atoms with Crippen LogP contribution in [-0.2, 0) is 6.54 Å². The van der Waals surface area contributed by atoms with E-state index in [4.69, 9.17) is 0 Å². The van der Waals surface area contributed by atoms with Gasteiger partial charge in [0.2, 0.25) is 0 Å². The molecular formula is C13H19BrN2O2. The third kappa shape index (κ3) is 2.95. The Labute approximate surface area is 116 Å². The number of aliphatic hydroxyl groups excluding tert-OH is 1. The number of halogens is 1. The number of carbonyl (C=O) groups excluding carboxylic acids is 1. The largest absolute Gasteiger partial charge is 0.396 e. The van der Waals surface area contributed by atoms with Crippen LogP contribution in [0.5, 0.6) is 0 Å². The molecule has 0 atom stereocenters. The Balaban J connectivity index is 1.99. The molecule has 0 radical (unpaired) electrons. The molecule has 18 heavy (non-hydrogen) atoms. The van der Waals surface area contributed by atoms with Crippen molar-refractivity contribution in [3.8, 4) is 0 Å². The summed E-state index contributed by atoms with van der Waals surface area (Å²) in [6, 6.07) is 1.84. The van der Waals surface area contributed by atoms with E-state index in [0.29, 0.717) is 12.2 Å². The second-order valence-corrected chi connectivity index (χ2v) is 5.99. The van der Waals surface area contributed by atoms with Crippen molar-refractivity contribution in [1.29, 1.82) is 0 Å². The van der Waals surface area contributed by atoms with E-state index in [-0.39, 0.29) is 17.9 Å². The van der Waals surface area contributed by atoms with Gasteiger partial charge in [0.1, 0.15) is 5.69 Å². The van der Waals surface area contributed by atoms with Crippen molar-refractivity contribution in [2.24, 2.45) is 5.41 Å². The number of hydrogen-bond donors (Lipinski definition) is 2. The molecule has 1 saturated carbocycles. The van der Waals surface area contributed by atoms with Crippen LogP contribution >= 0.6 is 15.9 Å². The number of aromatic nitrogens is 1. The summed E-state index contributed by atoms with van der Waals surface area (Å²) in [5.41, 5.74) is 0.632. The Morgan fingerprint density at radius 3 is 2.89 bits per heavy atom. The van der Waals surface area contributed by atoms with Gasteiger partial charge >= 0.3 is 0 Å². The van der Waals surface area contributed by atoms with Crippen molar-refractivity contribution >= 4 is 21.8 Å². The summed E-state index contributed by atoms with van der Waals surface area (Å²) in [6.45, 7) is 3.64. The van der Waals surface area contributed by atoms with Crippen LogP contribution in [0, 0.1) is 5.41 Å². The van der Waals surface area contributed by atoms with Crippen molar-refractivity contribution in [1.82, 2.24) is 9.88 Å². The molecule has 0 aromatic carbocycles. The second kappa shape index (κ2) is 5.45. The molecule has 5 heteroatoms. The van der Waals surface area contributed by atoms with Gasteiger partial charge in [-0.3, -0.25) is 4.79 Å². The molecule has 1 aliphatic rings. The lowest BCUT2D eigenvalue weighted by Gasteiger charge is -2.13. The summed E-state index contributed by atoms with van der Waals surface area (Å²) in [7, 11) is 0. The van der Waals surface area contributed by atoms with E-state index in [0.717, 1.165) is 30.3 Å². The summed E-state index contributed by atoms with van der Waals surface area (Å²) >= 11 is 3.40. The molecule has 1 amide bonds. The highest BCUT2D eigenvalue weighted by Gasteiger charge is 2.42. The van der Waals surface area contributed by atoms with Crippen LogP contribution in [0.3, 0.4) is 0 Å². The van der Waals surface area contributed by atoms with Gasteiger partial charge in [0.05, 0.1) is 6.61 Å². The summed E-state index contributed by atoms with van der Waals surface area (Å²) in [5.74, 6) is -0.0612. The van der Waals surface area contributed by atoms with Gasteiger partial charge in [0.25, 0.3) is 5.91 Å². The molecule has 0 bridgehead atoms. The number of nitrogens with zero attached hydrogens (tertiary/aromatic N) is 1. The maximum absolute atomic E-state index is 12.1. The first-order chi connectivity index (χ1) is 8.60. The van der Waals surface area contributed by atoms with E-state index in [2.05, 4.69) is 28.2 Å². The fraction of sp³-hybridized carbons (Fsp3) is 0.615. The van der Waals surface area contributed by atoms with E-state index < -0.39 is 0 Å². The first kappa shape index (κ1) is 13.6. The standard InChI is InChI=1S/C13H19BrN2O2/c1-2-5-16-7-10(14)6-11(16)12(18)15-8-13(9-17)3-4-13/h6-7,17H,2-5,8-9H2,1H3,(H,15,18). The SMILES string of the molecule is CCCn1cc(Br)cc1C(=O)NCC1(CO)CC1. The second-order valence-electron chi connectivity index (χ2n) is 5.08. The minimum absolute atomic E-state index is 0.0466. The van der Waals surface area contributed by atoms with Gasteiger partial charge in [-0.05, 0) is 41.3 Å². The monoisotopic (exact) mass is 314 g/mol. The van der Waals surface area contributed by atoms with Crippen molar-refractivity contribution in [2.75, 3.05) is 13.2 Å². The molecule has 2 N–H and O–H groups in total. The van der Waals surface area contributed by atoms with E-state index in [1.807, 2.05) is 16.8 Å². The van der Waals surface area contributed by atoms with Crippen molar-refractivity contribution < 1.29 is 9.90 Å². The topological polar surface area (TPSA) is 54.3 Å². The molecule has 0 unspecified atom stereocenters. The highest BCUT2D eigenvalue weighted by molar-refractivity contribution is 9.10. The van der Waals surface area contributed by atoms with Gasteiger partial charge in [-0.2, -0.15) is 0 Å². The summed E-state index contributed by atoms with van der Waals surface area (Å²) in [6.07, 6.45) is 4.92. The zero-order valence-electron chi connectivity index (χ0n) is 10.6. The third-order valence-corrected chi connectivity index (χ3v) is 3.91. The number of carbonyl (C=O) groups is 1. The Morgan fingerprint density at radius 1 is 1.61 bits per heavy atom. The molecule has 0 saturated heterocycles. The van der Waals surface area contributed by atoms with Crippen LogP contribution in [0.25, 0.3) is 0 Å². The number of aryl methyl sites for hydroxylation is 1. The van der Waals surface area contributed by atoms with Crippen LogP contribution in [0.4, 0.5) is 0 Å². The van der Waals surface area contributed by atoms with Crippen LogP contribution in [-0.4, -0.2) is 28.7 Å². The maximum Gasteiger partial charge on any atom is 0.267 e. The molecule has 1 aromatic rings. The highest BCUT2D eigenvalue weighted by atomic mass is 79.9. The Kier molecular flexibility index (Phi) is 4.12. The Hall–Kier alpha value is -0.810. The molecule has 4 nitrogen and oxygen atoms in total. The smallest absolute Gasteiger partial charge is 0.267 e. The van der Waals surface area contributed by atoms with E-state index in [9.17, 15) is 9.90 Å². The molecule has 0 aliphatic heterocycles. The molecular weight excluding hydrogens is 296 g/mol. The summed E-state index contributed by atoms with van der Waals surface area (Å²) in [4.78, 5) is 12.1. The Morgan fingerprint density at radius 2 is 2.33 bits per heavy atom. The minimum Gasteiger partial charge on any atom is -0.396 e.